The fourth-order valence-electron chi connectivity index (χ4n) is 8.27. The SMILES string of the molecule is CN1C[C@@H](Nc2cnn(C)c(=O)c2Cl)C[C@@H](c2ccc(C(=O)N3CCC4(CC3)CCN(c3ccc(C5CCC(=O)NC5=O)nc3)CC4)cc2)C1. The second kappa shape index (κ2) is 14.1. The van der Waals surface area contributed by atoms with Crippen LogP contribution in [0.5, 0.6) is 0 Å². The lowest BCUT2D eigenvalue weighted by Gasteiger charge is -2.47. The average molecular weight is 701 g/mol. The first-order valence-corrected chi connectivity index (χ1v) is 18.1. The topological polar surface area (TPSA) is 133 Å². The van der Waals surface area contributed by atoms with Crippen molar-refractivity contribution in [3.63, 3.8) is 0 Å². The highest BCUT2D eigenvalue weighted by Crippen LogP contribution is 2.42. The van der Waals surface area contributed by atoms with Crippen molar-refractivity contribution in [3.05, 3.63) is 81.0 Å². The molecule has 4 aliphatic rings. The Morgan fingerprint density at radius 3 is 2.34 bits per heavy atom. The number of hydrogen-bond acceptors (Lipinski definition) is 9. The summed E-state index contributed by atoms with van der Waals surface area (Å²) in [5.41, 5.74) is 4.18. The molecule has 4 aliphatic heterocycles. The summed E-state index contributed by atoms with van der Waals surface area (Å²) >= 11 is 6.32. The lowest BCUT2D eigenvalue weighted by Crippen LogP contribution is -2.48. The largest absolute Gasteiger partial charge is 0.378 e. The Morgan fingerprint density at radius 1 is 0.940 bits per heavy atom. The van der Waals surface area contributed by atoms with Gasteiger partial charge in [-0.15, -0.1) is 0 Å². The first-order valence-electron chi connectivity index (χ1n) is 17.7. The van der Waals surface area contributed by atoms with Crippen LogP contribution in [0.25, 0.3) is 0 Å². The van der Waals surface area contributed by atoms with Gasteiger partial charge in [0.1, 0.15) is 5.02 Å². The maximum Gasteiger partial charge on any atom is 0.287 e. The van der Waals surface area contributed by atoms with Gasteiger partial charge in [0.25, 0.3) is 11.5 Å². The number of likely N-dealkylation sites (N-methyl/N-ethyl adjacent to an activating group) is 1. The molecule has 13 heteroatoms. The number of aryl methyl sites for hydroxylation is 1. The minimum absolute atomic E-state index is 0.0964. The quantitative estimate of drug-likeness (QED) is 0.369. The lowest BCUT2D eigenvalue weighted by molar-refractivity contribution is -0.134. The number of hydrogen-bond donors (Lipinski definition) is 2. The summed E-state index contributed by atoms with van der Waals surface area (Å²) in [5, 5.41) is 10.1. The Balaban J connectivity index is 0.901. The molecule has 0 saturated carbocycles. The molecule has 4 fully saturated rings. The summed E-state index contributed by atoms with van der Waals surface area (Å²) < 4.78 is 1.23. The van der Waals surface area contributed by atoms with Gasteiger partial charge in [0.2, 0.25) is 11.8 Å². The molecule has 50 heavy (non-hydrogen) atoms. The van der Waals surface area contributed by atoms with Crippen LogP contribution >= 0.6 is 11.6 Å². The molecule has 1 unspecified atom stereocenters. The molecule has 0 bridgehead atoms. The fraction of sp³-hybridized carbons (Fsp3) is 0.514. The van der Waals surface area contributed by atoms with Crippen LogP contribution in [0.4, 0.5) is 11.4 Å². The standard InChI is InChI=1S/C37H45ClN8O4/c1-43-22-26(19-27(23-43)41-31-21-40-44(2)36(50)33(31)38)24-3-5-25(6-4-24)35(49)46-17-13-37(14-18-46)11-15-45(16-12-37)28-7-9-30(39-20-28)29-8-10-32(47)42-34(29)48/h3-7,9,20-21,26-27,29,41H,8,10-19,22-23H2,1-2H3,(H,42,47,48)/t26-,27+,29?/m1/s1. The number of carbonyl (C=O) groups excluding carboxylic acids is 3. The molecule has 3 atom stereocenters. The number of halogens is 1. The highest BCUT2D eigenvalue weighted by molar-refractivity contribution is 6.32. The van der Waals surface area contributed by atoms with E-state index in [1.165, 1.54) is 10.2 Å². The van der Waals surface area contributed by atoms with Crippen LogP contribution < -0.4 is 21.1 Å². The Morgan fingerprint density at radius 2 is 1.66 bits per heavy atom. The van der Waals surface area contributed by atoms with Gasteiger partial charge in [-0.2, -0.15) is 5.10 Å². The lowest BCUT2D eigenvalue weighted by atomic mass is 9.71. The second-order valence-electron chi connectivity index (χ2n) is 14.6. The molecule has 2 aromatic heterocycles. The number of benzene rings is 1. The van der Waals surface area contributed by atoms with Crippen LogP contribution in [0.2, 0.25) is 5.02 Å². The number of amides is 3. The van der Waals surface area contributed by atoms with E-state index in [0.717, 1.165) is 82.6 Å². The number of carbonyl (C=O) groups is 3. The third-order valence-corrected chi connectivity index (χ3v) is 11.7. The van der Waals surface area contributed by atoms with E-state index >= 15 is 0 Å². The predicted molar refractivity (Wildman–Crippen MR) is 192 cm³/mol. The van der Waals surface area contributed by atoms with Crippen molar-refractivity contribution in [1.82, 2.24) is 29.9 Å². The van der Waals surface area contributed by atoms with Crippen LogP contribution in [0.3, 0.4) is 0 Å². The third kappa shape index (κ3) is 7.14. The van der Waals surface area contributed by atoms with Crippen molar-refractivity contribution >= 4 is 40.7 Å². The minimum atomic E-state index is -0.370. The Bertz CT molecular complexity index is 1800. The molecule has 2 N–H and O–H groups in total. The summed E-state index contributed by atoms with van der Waals surface area (Å²) in [7, 11) is 3.67. The zero-order chi connectivity index (χ0) is 35.0. The van der Waals surface area contributed by atoms with Crippen molar-refractivity contribution in [2.75, 3.05) is 56.5 Å². The third-order valence-electron chi connectivity index (χ3n) is 11.4. The molecule has 7 rings (SSSR count). The number of anilines is 2. The van der Waals surface area contributed by atoms with Crippen LogP contribution in [-0.4, -0.2) is 94.6 Å². The van der Waals surface area contributed by atoms with Crippen LogP contribution in [0.15, 0.2) is 53.6 Å². The van der Waals surface area contributed by atoms with Gasteiger partial charge in [-0.3, -0.25) is 29.5 Å². The van der Waals surface area contributed by atoms with E-state index in [2.05, 4.69) is 49.7 Å². The van der Waals surface area contributed by atoms with Gasteiger partial charge in [0.05, 0.1) is 35.4 Å². The maximum absolute atomic E-state index is 13.6. The van der Waals surface area contributed by atoms with Crippen LogP contribution in [0, 0.1) is 5.41 Å². The van der Waals surface area contributed by atoms with Crippen molar-refractivity contribution in [3.8, 4) is 0 Å². The van der Waals surface area contributed by atoms with E-state index in [0.29, 0.717) is 24.2 Å². The van der Waals surface area contributed by atoms with E-state index in [4.69, 9.17) is 11.6 Å². The van der Waals surface area contributed by atoms with Crippen molar-refractivity contribution in [2.45, 2.75) is 62.8 Å². The van der Waals surface area contributed by atoms with Crippen LogP contribution in [0.1, 0.15) is 78.4 Å². The van der Waals surface area contributed by atoms with E-state index in [9.17, 15) is 19.2 Å². The molecule has 3 amide bonds. The summed E-state index contributed by atoms with van der Waals surface area (Å²) in [5.74, 6) is -0.480. The number of pyridine rings is 1. The molecule has 6 heterocycles. The molecule has 1 aromatic carbocycles. The second-order valence-corrected chi connectivity index (χ2v) is 15.0. The predicted octanol–water partition coefficient (Wildman–Crippen LogP) is 3.77. The number of aromatic nitrogens is 3. The molecule has 12 nitrogen and oxygen atoms in total. The van der Waals surface area contributed by atoms with E-state index < -0.39 is 0 Å². The molecule has 1 spiro atoms. The zero-order valence-corrected chi connectivity index (χ0v) is 29.5. The summed E-state index contributed by atoms with van der Waals surface area (Å²) in [6.07, 6.45) is 9.35. The number of imide groups is 1. The van der Waals surface area contributed by atoms with Crippen molar-refractivity contribution in [2.24, 2.45) is 12.5 Å². The van der Waals surface area contributed by atoms with Gasteiger partial charge in [-0.1, -0.05) is 23.7 Å². The monoisotopic (exact) mass is 700 g/mol. The first kappa shape index (κ1) is 34.2. The Labute approximate surface area is 297 Å². The maximum atomic E-state index is 13.6. The van der Waals surface area contributed by atoms with E-state index in [1.807, 2.05) is 35.4 Å². The number of nitrogens with zero attached hydrogens (tertiary/aromatic N) is 6. The van der Waals surface area contributed by atoms with Crippen molar-refractivity contribution < 1.29 is 14.4 Å². The molecule has 3 aromatic rings. The normalized spacial score (nSPS) is 24.3. The Hall–Kier alpha value is -4.29. The molecular formula is C37H45ClN8O4. The number of rotatable bonds is 6. The number of nitrogens with one attached hydrogen (secondary N) is 2. The first-order chi connectivity index (χ1) is 24.1. The minimum Gasteiger partial charge on any atom is -0.378 e. The van der Waals surface area contributed by atoms with E-state index in [1.54, 1.807) is 13.2 Å². The van der Waals surface area contributed by atoms with Gasteiger partial charge in [0, 0.05) is 64.3 Å². The zero-order valence-electron chi connectivity index (χ0n) is 28.7. The van der Waals surface area contributed by atoms with Gasteiger partial charge in [-0.05, 0) is 86.7 Å². The van der Waals surface area contributed by atoms with Gasteiger partial charge in [-0.25, -0.2) is 4.68 Å². The Kier molecular flexibility index (Phi) is 9.67. The summed E-state index contributed by atoms with van der Waals surface area (Å²) in [6.45, 7) is 5.14. The smallest absolute Gasteiger partial charge is 0.287 e. The van der Waals surface area contributed by atoms with Gasteiger partial charge in [0.15, 0.2) is 0 Å². The molecule has 4 saturated heterocycles. The van der Waals surface area contributed by atoms with Crippen molar-refractivity contribution in [1.29, 1.82) is 0 Å². The molecule has 264 valence electrons. The number of piperidine rings is 4. The highest BCUT2D eigenvalue weighted by atomic mass is 35.5. The average Bonchev–Trinajstić information content (AvgIpc) is 3.12. The fourth-order valence-corrected chi connectivity index (χ4v) is 8.49. The molecule has 0 aliphatic carbocycles. The summed E-state index contributed by atoms with van der Waals surface area (Å²) in [4.78, 5) is 60.8. The van der Waals surface area contributed by atoms with Gasteiger partial charge >= 0.3 is 0 Å². The highest BCUT2D eigenvalue weighted by Gasteiger charge is 2.39. The number of likely N-dealkylation sites (tertiary alicyclic amines) is 2. The summed E-state index contributed by atoms with van der Waals surface area (Å²) in [6, 6.07) is 12.2. The van der Waals surface area contributed by atoms with E-state index in [-0.39, 0.29) is 51.6 Å². The van der Waals surface area contributed by atoms with Crippen LogP contribution in [-0.2, 0) is 16.6 Å². The van der Waals surface area contributed by atoms with Gasteiger partial charge < -0.3 is 20.0 Å². The molecule has 0 radical (unpaired) electrons. The molecular weight excluding hydrogens is 656 g/mol.